The molecule has 1 amide bonds. The van der Waals surface area contributed by atoms with Gasteiger partial charge in [-0.25, -0.2) is 8.51 Å². The highest BCUT2D eigenvalue weighted by molar-refractivity contribution is 7.82. The van der Waals surface area contributed by atoms with E-state index in [4.69, 9.17) is 16.3 Å². The zero-order chi connectivity index (χ0) is 25.7. The van der Waals surface area contributed by atoms with Crippen LogP contribution in [0.4, 0.5) is 11.4 Å². The normalized spacial score (nSPS) is 15.5. The molecule has 0 aliphatic carbocycles. The summed E-state index contributed by atoms with van der Waals surface area (Å²) in [5, 5.41) is 3.55. The number of ether oxygens (including phenoxy) is 1. The smallest absolute Gasteiger partial charge is 0.225 e. The van der Waals surface area contributed by atoms with Gasteiger partial charge in [0.05, 0.1) is 22.7 Å². The molecular formula is C26H37ClN4O3S. The van der Waals surface area contributed by atoms with Gasteiger partial charge in [-0.15, -0.1) is 0 Å². The summed E-state index contributed by atoms with van der Waals surface area (Å²) in [7, 11) is 6.26. The van der Waals surface area contributed by atoms with Crippen molar-refractivity contribution in [2.75, 3.05) is 58.1 Å². The summed E-state index contributed by atoms with van der Waals surface area (Å²) >= 11 is 6.57. The van der Waals surface area contributed by atoms with Gasteiger partial charge in [0, 0.05) is 44.8 Å². The second kappa shape index (κ2) is 12.2. The molecule has 192 valence electrons. The van der Waals surface area contributed by atoms with E-state index < -0.39 is 11.0 Å². The molecule has 1 fully saturated rings. The van der Waals surface area contributed by atoms with Crippen molar-refractivity contribution in [3.63, 3.8) is 0 Å². The molecule has 1 saturated heterocycles. The quantitative estimate of drug-likeness (QED) is 0.528. The number of hydrogen-bond acceptors (Lipinski definition) is 5. The first kappa shape index (κ1) is 27.5. The van der Waals surface area contributed by atoms with Crippen molar-refractivity contribution >= 4 is 39.9 Å². The molecule has 0 radical (unpaired) electrons. The number of amides is 1. The number of nitrogens with one attached hydrogen (secondary N) is 1. The standard InChI is InChI=1S/C26H37ClN4O3S/c1-18-15-22(34-6)16-19(2)26(18)35(33)30(5)12-11-25(32)28-20-7-8-24(23(27)17-20)31-13-9-21(10-14-31)29(3)4/h7-8,15-17,21H,9-14H2,1-6H3,(H,28,32). The van der Waals surface area contributed by atoms with Gasteiger partial charge in [0.15, 0.2) is 0 Å². The van der Waals surface area contributed by atoms with E-state index in [1.54, 1.807) is 24.5 Å². The number of carbonyl (C=O) groups is 1. The van der Waals surface area contributed by atoms with Gasteiger partial charge >= 0.3 is 0 Å². The summed E-state index contributed by atoms with van der Waals surface area (Å²) in [5.41, 5.74) is 3.47. The van der Waals surface area contributed by atoms with Gasteiger partial charge in [-0.3, -0.25) is 4.79 Å². The zero-order valence-electron chi connectivity index (χ0n) is 21.6. The van der Waals surface area contributed by atoms with Crippen molar-refractivity contribution < 1.29 is 13.7 Å². The van der Waals surface area contributed by atoms with Gasteiger partial charge in [-0.2, -0.15) is 0 Å². The molecule has 35 heavy (non-hydrogen) atoms. The molecule has 3 rings (SSSR count). The molecule has 9 heteroatoms. The van der Waals surface area contributed by atoms with Crippen molar-refractivity contribution in [2.24, 2.45) is 0 Å². The summed E-state index contributed by atoms with van der Waals surface area (Å²) in [6, 6.07) is 10.0. The monoisotopic (exact) mass is 520 g/mol. The maximum absolute atomic E-state index is 13.1. The van der Waals surface area contributed by atoms with Gasteiger partial charge in [0.25, 0.3) is 0 Å². The fraction of sp³-hybridized carbons (Fsp3) is 0.500. The Morgan fingerprint density at radius 3 is 2.31 bits per heavy atom. The van der Waals surface area contributed by atoms with Crippen LogP contribution in [-0.4, -0.2) is 73.3 Å². The maximum atomic E-state index is 13.1. The predicted octanol–water partition coefficient (Wildman–Crippen LogP) is 4.48. The Bertz CT molecular complexity index is 1050. The number of benzene rings is 2. The van der Waals surface area contributed by atoms with Crippen LogP contribution < -0.4 is 15.0 Å². The Morgan fingerprint density at radius 1 is 1.14 bits per heavy atom. The van der Waals surface area contributed by atoms with E-state index in [2.05, 4.69) is 29.2 Å². The van der Waals surface area contributed by atoms with E-state index in [1.807, 2.05) is 38.1 Å². The van der Waals surface area contributed by atoms with Crippen LogP contribution in [-0.2, 0) is 15.8 Å². The van der Waals surface area contributed by atoms with Crippen LogP contribution in [0.2, 0.25) is 5.02 Å². The highest BCUT2D eigenvalue weighted by Gasteiger charge is 2.22. The van der Waals surface area contributed by atoms with Crippen LogP contribution >= 0.6 is 11.6 Å². The number of anilines is 2. The number of rotatable bonds is 9. The van der Waals surface area contributed by atoms with Crippen LogP contribution in [0.3, 0.4) is 0 Å². The maximum Gasteiger partial charge on any atom is 0.225 e. The Hall–Kier alpha value is -2.13. The molecule has 1 unspecified atom stereocenters. The van der Waals surface area contributed by atoms with Gasteiger partial charge in [0.2, 0.25) is 5.91 Å². The molecule has 0 spiro atoms. The van der Waals surface area contributed by atoms with Gasteiger partial charge < -0.3 is 19.9 Å². The van der Waals surface area contributed by atoms with Crippen LogP contribution in [0.25, 0.3) is 0 Å². The van der Waals surface area contributed by atoms with Gasteiger partial charge in [0.1, 0.15) is 16.7 Å². The van der Waals surface area contributed by atoms with Crippen molar-refractivity contribution in [1.29, 1.82) is 0 Å². The second-order valence-electron chi connectivity index (χ2n) is 9.34. The third-order valence-corrected chi connectivity index (χ3v) is 8.59. The number of carbonyl (C=O) groups excluding carboxylic acids is 1. The molecule has 2 aromatic rings. The molecule has 0 aromatic heterocycles. The van der Waals surface area contributed by atoms with Gasteiger partial charge in [-0.05, 0) is 82.2 Å². The summed E-state index contributed by atoms with van der Waals surface area (Å²) in [4.78, 5) is 17.9. The summed E-state index contributed by atoms with van der Waals surface area (Å²) in [6.07, 6.45) is 2.42. The molecule has 1 aliphatic heterocycles. The average Bonchev–Trinajstić information content (AvgIpc) is 2.82. The van der Waals surface area contributed by atoms with Gasteiger partial charge in [-0.1, -0.05) is 11.6 Å². The first-order chi connectivity index (χ1) is 16.6. The average molecular weight is 521 g/mol. The lowest BCUT2D eigenvalue weighted by molar-refractivity contribution is -0.116. The fourth-order valence-electron chi connectivity index (χ4n) is 4.49. The number of nitrogens with zero attached hydrogens (tertiary/aromatic N) is 3. The lowest BCUT2D eigenvalue weighted by atomic mass is 10.0. The van der Waals surface area contributed by atoms with E-state index in [9.17, 15) is 9.00 Å². The van der Waals surface area contributed by atoms with E-state index in [0.29, 0.717) is 23.3 Å². The SMILES string of the molecule is COc1cc(C)c(S(=O)N(C)CCC(=O)Nc2ccc(N3CCC(N(C)C)CC3)c(Cl)c2)c(C)c1. The van der Waals surface area contributed by atoms with Crippen molar-refractivity contribution in [1.82, 2.24) is 9.21 Å². The Labute approximate surface area is 217 Å². The zero-order valence-corrected chi connectivity index (χ0v) is 23.1. The van der Waals surface area contributed by atoms with Crippen molar-refractivity contribution in [3.8, 4) is 5.75 Å². The fourth-order valence-corrected chi connectivity index (χ4v) is 6.03. The summed E-state index contributed by atoms with van der Waals surface area (Å²) in [6.45, 7) is 6.12. The number of hydrogen-bond donors (Lipinski definition) is 1. The molecule has 0 saturated carbocycles. The third-order valence-electron chi connectivity index (χ3n) is 6.55. The van der Waals surface area contributed by atoms with E-state index in [-0.39, 0.29) is 12.3 Å². The van der Waals surface area contributed by atoms with E-state index >= 15 is 0 Å². The summed E-state index contributed by atoms with van der Waals surface area (Å²) < 4.78 is 20.1. The molecule has 1 heterocycles. The highest BCUT2D eigenvalue weighted by Crippen LogP contribution is 2.31. The highest BCUT2D eigenvalue weighted by atomic mass is 35.5. The van der Waals surface area contributed by atoms with Crippen molar-refractivity contribution in [3.05, 3.63) is 46.5 Å². The predicted molar refractivity (Wildman–Crippen MR) is 145 cm³/mol. The summed E-state index contributed by atoms with van der Waals surface area (Å²) in [5.74, 6) is 0.596. The first-order valence-corrected chi connectivity index (χ1v) is 13.4. The molecule has 0 bridgehead atoms. The Balaban J connectivity index is 1.54. The van der Waals surface area contributed by atoms with E-state index in [1.165, 1.54) is 0 Å². The lowest BCUT2D eigenvalue weighted by Crippen LogP contribution is -2.42. The molecule has 2 aromatic carbocycles. The minimum absolute atomic E-state index is 0.146. The Kier molecular flexibility index (Phi) is 9.58. The van der Waals surface area contributed by atoms with Crippen LogP contribution in [0.5, 0.6) is 5.75 Å². The molecule has 1 N–H and O–H groups in total. The molecule has 7 nitrogen and oxygen atoms in total. The minimum atomic E-state index is -1.37. The lowest BCUT2D eigenvalue weighted by Gasteiger charge is -2.36. The topological polar surface area (TPSA) is 65.1 Å². The number of aryl methyl sites for hydroxylation is 2. The number of piperidine rings is 1. The van der Waals surface area contributed by atoms with Crippen molar-refractivity contribution in [2.45, 2.75) is 44.0 Å². The van der Waals surface area contributed by atoms with E-state index in [0.717, 1.165) is 53.4 Å². The molecular weight excluding hydrogens is 484 g/mol. The second-order valence-corrected chi connectivity index (χ2v) is 11.3. The van der Waals surface area contributed by atoms with Crippen LogP contribution in [0, 0.1) is 13.8 Å². The van der Waals surface area contributed by atoms with Crippen LogP contribution in [0.1, 0.15) is 30.4 Å². The molecule has 1 atom stereocenters. The molecule has 1 aliphatic rings. The Morgan fingerprint density at radius 2 is 1.77 bits per heavy atom. The number of methoxy groups -OCH3 is 1. The third kappa shape index (κ3) is 6.97. The number of halogens is 1. The van der Waals surface area contributed by atoms with Crippen LogP contribution in [0.15, 0.2) is 35.2 Å². The largest absolute Gasteiger partial charge is 0.497 e. The first-order valence-electron chi connectivity index (χ1n) is 11.9. The minimum Gasteiger partial charge on any atom is -0.497 e.